The van der Waals surface area contributed by atoms with Gasteiger partial charge in [0.25, 0.3) is 0 Å². The van der Waals surface area contributed by atoms with E-state index in [9.17, 15) is 22.4 Å². The molecule has 128 valence electrons. The average molecular weight is 333 g/mol. The van der Waals surface area contributed by atoms with Gasteiger partial charge in [0.05, 0.1) is 18.6 Å². The van der Waals surface area contributed by atoms with Gasteiger partial charge in [0.2, 0.25) is 0 Å². The van der Waals surface area contributed by atoms with Crippen LogP contribution < -0.4 is 4.90 Å². The van der Waals surface area contributed by atoms with Crippen LogP contribution in [-0.4, -0.2) is 54.3 Å². The average Bonchev–Trinajstić information content (AvgIpc) is 2.54. The van der Waals surface area contributed by atoms with Crippen molar-refractivity contribution in [3.63, 3.8) is 0 Å². The highest BCUT2D eigenvalue weighted by Gasteiger charge is 2.45. The number of rotatable bonds is 5. The van der Waals surface area contributed by atoms with Crippen molar-refractivity contribution in [2.45, 2.75) is 31.5 Å². The number of pyridine rings is 1. The molecule has 0 aliphatic carbocycles. The van der Waals surface area contributed by atoms with Crippen molar-refractivity contribution in [2.75, 3.05) is 31.2 Å². The van der Waals surface area contributed by atoms with Gasteiger partial charge in [-0.15, -0.1) is 0 Å². The van der Waals surface area contributed by atoms with Gasteiger partial charge in [0.1, 0.15) is 0 Å². The molecule has 1 aliphatic heterocycles. The zero-order valence-corrected chi connectivity index (χ0v) is 12.6. The summed E-state index contributed by atoms with van der Waals surface area (Å²) in [6.45, 7) is 1.27. The van der Waals surface area contributed by atoms with E-state index < -0.39 is 24.8 Å². The van der Waals surface area contributed by atoms with Crippen LogP contribution in [0.1, 0.15) is 19.3 Å². The molecule has 0 spiro atoms. The Balaban J connectivity index is 2.12. The molecule has 0 N–H and O–H groups in total. The molecular formula is C15H19F4N3O. The number of carbonyl (C=O) groups excluding carboxylic acids is 1. The topological polar surface area (TPSA) is 36.4 Å². The summed E-state index contributed by atoms with van der Waals surface area (Å²) in [6, 6.07) is 2.42. The zero-order chi connectivity index (χ0) is 16.9. The normalized spacial score (nSPS) is 17.2. The van der Waals surface area contributed by atoms with Crippen LogP contribution in [0.3, 0.4) is 0 Å². The second kappa shape index (κ2) is 7.72. The number of alkyl halides is 4. The summed E-state index contributed by atoms with van der Waals surface area (Å²) in [5.74, 6) is -1.87. The molecule has 0 unspecified atom stereocenters. The Morgan fingerprint density at radius 2 is 2.04 bits per heavy atom. The standard InChI is InChI=1S/C15H19F4N3O/c16-6-2-8-21-9-4-12(5-10-21)22(14(23)15(17,18)19)13-3-1-7-20-11-13/h1,3,7,11-12H,2,4-6,8-10H2. The van der Waals surface area contributed by atoms with Gasteiger partial charge in [0.15, 0.2) is 0 Å². The predicted octanol–water partition coefficient (Wildman–Crippen LogP) is 2.80. The van der Waals surface area contributed by atoms with Crippen LogP contribution in [-0.2, 0) is 4.79 Å². The van der Waals surface area contributed by atoms with E-state index in [4.69, 9.17) is 0 Å². The van der Waals surface area contributed by atoms with Gasteiger partial charge >= 0.3 is 12.1 Å². The molecule has 0 atom stereocenters. The van der Waals surface area contributed by atoms with Gasteiger partial charge in [-0.2, -0.15) is 13.2 Å². The smallest absolute Gasteiger partial charge is 0.303 e. The van der Waals surface area contributed by atoms with Crippen LogP contribution in [0.2, 0.25) is 0 Å². The molecule has 1 aromatic heterocycles. The van der Waals surface area contributed by atoms with Crippen LogP contribution in [0, 0.1) is 0 Å². The molecule has 23 heavy (non-hydrogen) atoms. The first-order chi connectivity index (χ1) is 10.9. The van der Waals surface area contributed by atoms with Crippen LogP contribution in [0.15, 0.2) is 24.5 Å². The second-order valence-corrected chi connectivity index (χ2v) is 5.50. The maximum Gasteiger partial charge on any atom is 0.471 e. The SMILES string of the molecule is O=C(N(c1cccnc1)C1CCN(CCCF)CC1)C(F)(F)F. The molecule has 1 aliphatic rings. The first kappa shape index (κ1) is 17.7. The molecule has 8 heteroatoms. The van der Waals surface area contributed by atoms with Crippen LogP contribution in [0.4, 0.5) is 23.2 Å². The first-order valence-electron chi connectivity index (χ1n) is 7.52. The van der Waals surface area contributed by atoms with Crippen molar-refractivity contribution in [3.8, 4) is 0 Å². The maximum absolute atomic E-state index is 12.9. The highest BCUT2D eigenvalue weighted by molar-refractivity contribution is 5.97. The highest BCUT2D eigenvalue weighted by atomic mass is 19.4. The summed E-state index contributed by atoms with van der Waals surface area (Å²) < 4.78 is 51.0. The Morgan fingerprint density at radius 3 is 2.57 bits per heavy atom. The molecule has 1 fully saturated rings. The largest absolute Gasteiger partial charge is 0.471 e. The zero-order valence-electron chi connectivity index (χ0n) is 12.6. The number of nitrogens with zero attached hydrogens (tertiary/aromatic N) is 3. The molecule has 1 amide bonds. The number of halogens is 4. The van der Waals surface area contributed by atoms with Gasteiger partial charge in [0, 0.05) is 31.9 Å². The van der Waals surface area contributed by atoms with Crippen LogP contribution in [0.25, 0.3) is 0 Å². The number of aromatic nitrogens is 1. The molecule has 2 heterocycles. The Kier molecular flexibility index (Phi) is 5.92. The number of amides is 1. The summed E-state index contributed by atoms with van der Waals surface area (Å²) >= 11 is 0. The Morgan fingerprint density at radius 1 is 1.35 bits per heavy atom. The number of carbonyl (C=O) groups is 1. The van der Waals surface area contributed by atoms with E-state index >= 15 is 0 Å². The summed E-state index contributed by atoms with van der Waals surface area (Å²) in [6.07, 6.45) is -0.968. The maximum atomic E-state index is 12.9. The van der Waals surface area contributed by atoms with Gasteiger partial charge in [-0.1, -0.05) is 0 Å². The summed E-state index contributed by atoms with van der Waals surface area (Å²) in [5.41, 5.74) is 0.150. The second-order valence-electron chi connectivity index (χ2n) is 5.50. The molecule has 1 aromatic rings. The fraction of sp³-hybridized carbons (Fsp3) is 0.600. The number of hydrogen-bond acceptors (Lipinski definition) is 3. The first-order valence-corrected chi connectivity index (χ1v) is 7.52. The van der Waals surface area contributed by atoms with Crippen LogP contribution in [0.5, 0.6) is 0 Å². The number of anilines is 1. The minimum atomic E-state index is -4.93. The van der Waals surface area contributed by atoms with E-state index in [1.54, 1.807) is 0 Å². The van der Waals surface area contributed by atoms with E-state index in [0.29, 0.717) is 38.9 Å². The highest BCUT2D eigenvalue weighted by Crippen LogP contribution is 2.29. The molecule has 4 nitrogen and oxygen atoms in total. The summed E-state index contributed by atoms with van der Waals surface area (Å²) in [4.78, 5) is 18.4. The van der Waals surface area contributed by atoms with E-state index in [1.807, 2.05) is 4.90 Å². The van der Waals surface area contributed by atoms with Gasteiger partial charge < -0.3 is 4.90 Å². The van der Waals surface area contributed by atoms with Crippen molar-refractivity contribution in [1.29, 1.82) is 0 Å². The Bertz CT molecular complexity index is 501. The fourth-order valence-corrected chi connectivity index (χ4v) is 2.81. The van der Waals surface area contributed by atoms with Gasteiger partial charge in [-0.3, -0.25) is 19.1 Å². The minimum Gasteiger partial charge on any atom is -0.303 e. The lowest BCUT2D eigenvalue weighted by Gasteiger charge is -2.38. The molecule has 0 bridgehead atoms. The Labute approximate surface area is 132 Å². The predicted molar refractivity (Wildman–Crippen MR) is 77.8 cm³/mol. The Hall–Kier alpha value is -1.70. The molecule has 1 saturated heterocycles. The number of hydrogen-bond donors (Lipinski definition) is 0. The summed E-state index contributed by atoms with van der Waals surface area (Å²) in [5, 5.41) is 0. The van der Waals surface area contributed by atoms with Crippen molar-refractivity contribution in [1.82, 2.24) is 9.88 Å². The van der Waals surface area contributed by atoms with E-state index in [-0.39, 0.29) is 5.69 Å². The van der Waals surface area contributed by atoms with E-state index in [0.717, 1.165) is 4.90 Å². The lowest BCUT2D eigenvalue weighted by Crippen LogP contribution is -2.51. The number of piperidine rings is 1. The van der Waals surface area contributed by atoms with Crippen molar-refractivity contribution >= 4 is 11.6 Å². The van der Waals surface area contributed by atoms with Gasteiger partial charge in [-0.05, 0) is 31.4 Å². The third-order valence-corrected chi connectivity index (χ3v) is 3.92. The monoisotopic (exact) mass is 333 g/mol. The van der Waals surface area contributed by atoms with E-state index in [2.05, 4.69) is 4.98 Å². The molecule has 0 aromatic carbocycles. The lowest BCUT2D eigenvalue weighted by atomic mass is 10.0. The van der Waals surface area contributed by atoms with E-state index in [1.165, 1.54) is 24.5 Å². The lowest BCUT2D eigenvalue weighted by molar-refractivity contribution is -0.171. The third-order valence-electron chi connectivity index (χ3n) is 3.92. The molecule has 2 rings (SSSR count). The third kappa shape index (κ3) is 4.63. The van der Waals surface area contributed by atoms with Crippen molar-refractivity contribution in [2.24, 2.45) is 0 Å². The minimum absolute atomic E-state index is 0.150. The van der Waals surface area contributed by atoms with Gasteiger partial charge in [-0.25, -0.2) is 0 Å². The van der Waals surface area contributed by atoms with Crippen molar-refractivity contribution < 1.29 is 22.4 Å². The molecule has 0 saturated carbocycles. The summed E-state index contributed by atoms with van der Waals surface area (Å²) in [7, 11) is 0. The van der Waals surface area contributed by atoms with Crippen molar-refractivity contribution in [3.05, 3.63) is 24.5 Å². The quantitative estimate of drug-likeness (QED) is 0.778. The fourth-order valence-electron chi connectivity index (χ4n) is 2.81. The molecular weight excluding hydrogens is 314 g/mol. The molecule has 0 radical (unpaired) electrons. The number of likely N-dealkylation sites (tertiary alicyclic amines) is 1. The van der Waals surface area contributed by atoms with Crippen LogP contribution >= 0.6 is 0 Å².